The lowest BCUT2D eigenvalue weighted by Gasteiger charge is -1.85. The van der Waals surface area contributed by atoms with Gasteiger partial charge in [-0.2, -0.15) is 0 Å². The first-order chi connectivity index (χ1) is 5.33. The van der Waals surface area contributed by atoms with E-state index in [9.17, 15) is 0 Å². The van der Waals surface area contributed by atoms with E-state index in [2.05, 4.69) is 10.2 Å². The molecule has 0 fully saturated rings. The van der Waals surface area contributed by atoms with E-state index in [0.29, 0.717) is 0 Å². The summed E-state index contributed by atoms with van der Waals surface area (Å²) >= 11 is 0. The first-order valence-electron chi connectivity index (χ1n) is 4.43. The molecule has 2 heteroatoms. The molecule has 0 aliphatic heterocycles. The molecule has 0 spiro atoms. The normalized spacial score (nSPS) is 28.0. The molecule has 6 heavy (non-hydrogen) atoms. The van der Waals surface area contributed by atoms with Crippen molar-refractivity contribution in [3.8, 4) is 0 Å². The van der Waals surface area contributed by atoms with Crippen LogP contribution in [0.3, 0.4) is 0 Å². The second-order valence-corrected chi connectivity index (χ2v) is 0.789. The second kappa shape index (κ2) is 4.92. The minimum atomic E-state index is -2.19. The average molecular weight is 96.2 g/mol. The average Bonchev–Trinajstić information content (AvgIpc) is 2.02. The Hall–Kier alpha value is -0.0800. The van der Waals surface area contributed by atoms with Gasteiger partial charge in [0.25, 0.3) is 0 Å². The minimum Gasteiger partial charge on any atom is -0.396 e. The van der Waals surface area contributed by atoms with Gasteiger partial charge in [0.2, 0.25) is 2.86 Å². The SMILES string of the molecule is [2H]OC([2H])([2H])CCC([2H])([2H])O[2H]. The Labute approximate surface area is 46.0 Å². The molecule has 0 atom stereocenters. The van der Waals surface area contributed by atoms with Gasteiger partial charge in [-0.15, -0.1) is 0 Å². The maximum Gasteiger partial charge on any atom is 0.210 e. The fraction of sp³-hybridized carbons (Fsp3) is 1.00. The van der Waals surface area contributed by atoms with E-state index >= 15 is 0 Å². The molecule has 0 aliphatic rings. The van der Waals surface area contributed by atoms with Crippen molar-refractivity contribution in [1.29, 1.82) is 2.86 Å². The summed E-state index contributed by atoms with van der Waals surface area (Å²) in [6, 6.07) is 0. The largest absolute Gasteiger partial charge is 0.396 e. The van der Waals surface area contributed by atoms with E-state index in [0.717, 1.165) is 0 Å². The van der Waals surface area contributed by atoms with E-state index < -0.39 is 13.1 Å². The van der Waals surface area contributed by atoms with Crippen molar-refractivity contribution in [3.63, 3.8) is 0 Å². The molecule has 0 aliphatic carbocycles. The van der Waals surface area contributed by atoms with Crippen molar-refractivity contribution in [1.82, 2.24) is 0 Å². The van der Waals surface area contributed by atoms with Crippen LogP contribution in [0.4, 0.5) is 0 Å². The van der Waals surface area contributed by atoms with Gasteiger partial charge in [-0.25, -0.2) is 0 Å². The molecule has 0 radical (unpaired) electrons. The zero-order valence-corrected chi connectivity index (χ0v) is 3.23. The summed E-state index contributed by atoms with van der Waals surface area (Å²) in [6.45, 7) is -4.38. The fourth-order valence-corrected chi connectivity index (χ4v) is 0.102. The third-order valence-corrected chi connectivity index (χ3v) is 0.329. The first kappa shape index (κ1) is 1.20. The molecule has 38 valence electrons. The second-order valence-electron chi connectivity index (χ2n) is 0.789. The van der Waals surface area contributed by atoms with Crippen molar-refractivity contribution in [2.75, 3.05) is 13.1 Å². The Morgan fingerprint density at radius 2 is 1.83 bits per heavy atom. The molecule has 0 bridgehead atoms. The van der Waals surface area contributed by atoms with Gasteiger partial charge in [0, 0.05) is 13.1 Å². The van der Waals surface area contributed by atoms with Crippen LogP contribution in [-0.2, 0) is 0 Å². The zero-order chi connectivity index (χ0) is 9.83. The van der Waals surface area contributed by atoms with Crippen LogP contribution in [0.2, 0.25) is 0 Å². The highest BCUT2D eigenvalue weighted by Crippen LogP contribution is 1.80. The van der Waals surface area contributed by atoms with Gasteiger partial charge >= 0.3 is 0 Å². The lowest BCUT2D eigenvalue weighted by Crippen LogP contribution is -1.85. The molecule has 0 rings (SSSR count). The molecule has 2 N–H and O–H groups in total. The van der Waals surface area contributed by atoms with Crippen molar-refractivity contribution < 1.29 is 15.7 Å². The smallest absolute Gasteiger partial charge is 0.210 e. The standard InChI is InChI=1S/C4H10O2/c5-3-1-2-4-6/h5-6H,1-4H2/i3D2,4D2,5D,6D. The lowest BCUT2D eigenvalue weighted by molar-refractivity contribution is 0.242. The molecular formula is C4H10O2. The third kappa shape index (κ3) is 3.92. The van der Waals surface area contributed by atoms with Gasteiger partial charge in [0.1, 0.15) is 0 Å². The van der Waals surface area contributed by atoms with Crippen LogP contribution in [0.1, 0.15) is 18.3 Å². The summed E-state index contributed by atoms with van der Waals surface area (Å²) in [7, 11) is 0. The van der Waals surface area contributed by atoms with Crippen LogP contribution in [0.15, 0.2) is 0 Å². The van der Waals surface area contributed by atoms with Crippen molar-refractivity contribution in [2.45, 2.75) is 12.8 Å². The van der Waals surface area contributed by atoms with E-state index in [1.165, 1.54) is 0 Å². The van der Waals surface area contributed by atoms with Crippen molar-refractivity contribution in [3.05, 3.63) is 0 Å². The topological polar surface area (TPSA) is 40.5 Å². The highest BCUT2D eigenvalue weighted by Gasteiger charge is 1.77. The van der Waals surface area contributed by atoms with Crippen molar-refractivity contribution >= 4 is 0 Å². The Balaban J connectivity index is 3.82. The lowest BCUT2D eigenvalue weighted by atomic mass is 10.3. The van der Waals surface area contributed by atoms with E-state index in [4.69, 9.17) is 8.35 Å². The minimum absolute atomic E-state index is 0.331. The quantitative estimate of drug-likeness (QED) is 0.495. The molecule has 0 heterocycles. The predicted molar refractivity (Wildman–Crippen MR) is 23.4 cm³/mol. The summed E-state index contributed by atoms with van der Waals surface area (Å²) in [5, 5.41) is 7.35. The fourth-order valence-electron chi connectivity index (χ4n) is 0.102. The van der Waals surface area contributed by atoms with Crippen LogP contribution in [0, 0.1) is 0 Å². The highest BCUT2D eigenvalue weighted by atomic mass is 16.3. The Kier molecular flexibility index (Phi) is 0.985. The summed E-state index contributed by atoms with van der Waals surface area (Å²) in [6.07, 6.45) is -0.662. The van der Waals surface area contributed by atoms with Gasteiger partial charge in [-0.1, -0.05) is 0 Å². The van der Waals surface area contributed by atoms with E-state index in [1.807, 2.05) is 0 Å². The van der Waals surface area contributed by atoms with Crippen LogP contribution < -0.4 is 0 Å². The first-order valence-corrected chi connectivity index (χ1v) is 1.62. The predicted octanol–water partition coefficient (Wildman–Crippen LogP) is -0.249. The third-order valence-electron chi connectivity index (χ3n) is 0.329. The molecule has 0 aromatic rings. The zero-order valence-electron chi connectivity index (χ0n) is 9.23. The summed E-state index contributed by atoms with van der Waals surface area (Å²) in [5.41, 5.74) is 0. The molecule has 0 saturated heterocycles. The highest BCUT2D eigenvalue weighted by molar-refractivity contribution is 4.30. The van der Waals surface area contributed by atoms with E-state index in [1.54, 1.807) is 0 Å². The Bertz CT molecular complexity index is 122. The van der Waals surface area contributed by atoms with Gasteiger partial charge < -0.3 is 10.2 Å². The number of hydrogen-bond acceptors (Lipinski definition) is 2. The van der Waals surface area contributed by atoms with Gasteiger partial charge in [0.05, 0.1) is 5.48 Å². The Morgan fingerprint density at radius 3 is 2.17 bits per heavy atom. The number of aliphatic hydroxyl groups is 2. The maximum atomic E-state index is 6.90. The maximum absolute atomic E-state index is 6.90. The number of rotatable bonds is 5. The molecule has 0 aromatic carbocycles. The van der Waals surface area contributed by atoms with E-state index in [-0.39, 0.29) is 12.8 Å². The van der Waals surface area contributed by atoms with Crippen LogP contribution in [0.5, 0.6) is 0 Å². The van der Waals surface area contributed by atoms with Gasteiger partial charge in [-0.05, 0) is 12.8 Å². The Morgan fingerprint density at radius 1 is 1.33 bits per heavy atom. The molecule has 0 aromatic heterocycles. The van der Waals surface area contributed by atoms with Gasteiger partial charge in [-0.3, -0.25) is 0 Å². The summed E-state index contributed by atoms with van der Waals surface area (Å²) < 4.78 is 40.2. The van der Waals surface area contributed by atoms with Crippen LogP contribution in [-0.4, -0.2) is 26.2 Å². The molecular weight excluding hydrogens is 80.0 g/mol. The number of hydrogen-bond donors (Lipinski definition) is 2. The monoisotopic (exact) mass is 96.1 g/mol. The van der Waals surface area contributed by atoms with Gasteiger partial charge in [0.15, 0.2) is 0 Å². The summed E-state index contributed by atoms with van der Waals surface area (Å²) in [5.74, 6) is 0. The molecule has 0 amide bonds. The summed E-state index contributed by atoms with van der Waals surface area (Å²) in [4.78, 5) is 0. The molecule has 0 unspecified atom stereocenters. The molecule has 2 nitrogen and oxygen atoms in total. The van der Waals surface area contributed by atoms with Crippen LogP contribution >= 0.6 is 0 Å². The molecule has 0 saturated carbocycles. The van der Waals surface area contributed by atoms with Crippen molar-refractivity contribution in [2.24, 2.45) is 0 Å². The van der Waals surface area contributed by atoms with Crippen LogP contribution in [0.25, 0.3) is 0 Å².